The van der Waals surface area contributed by atoms with Crippen molar-refractivity contribution in [3.05, 3.63) is 29.8 Å². The van der Waals surface area contributed by atoms with Crippen LogP contribution in [0.4, 0.5) is 0 Å². The molecule has 1 amide bonds. The number of halogens is 1. The number of hydrogen-bond acceptors (Lipinski definition) is 4. The molecule has 2 unspecified atom stereocenters. The van der Waals surface area contributed by atoms with Gasteiger partial charge in [-0.05, 0) is 52.0 Å². The summed E-state index contributed by atoms with van der Waals surface area (Å²) in [7, 11) is -3.55. The maximum absolute atomic E-state index is 12.9. The molecule has 0 bridgehead atoms. The number of hydrogen-bond donors (Lipinski definition) is 1. The topological polar surface area (TPSA) is 69.7 Å². The molecule has 2 rings (SSSR count). The van der Waals surface area contributed by atoms with E-state index in [0.29, 0.717) is 31.7 Å². The van der Waals surface area contributed by atoms with Crippen LogP contribution in [0.25, 0.3) is 0 Å². The molecule has 0 saturated carbocycles. The third-order valence-electron chi connectivity index (χ3n) is 4.73. The highest BCUT2D eigenvalue weighted by atomic mass is 35.5. The van der Waals surface area contributed by atoms with Crippen molar-refractivity contribution in [3.8, 4) is 0 Å². The number of carbonyl (C=O) groups excluding carboxylic acids is 1. The number of carbonyl (C=O) groups is 1. The van der Waals surface area contributed by atoms with Crippen molar-refractivity contribution in [3.63, 3.8) is 0 Å². The van der Waals surface area contributed by atoms with Crippen molar-refractivity contribution in [1.82, 2.24) is 14.5 Å². The first-order valence-electron chi connectivity index (χ1n) is 8.47. The minimum atomic E-state index is -3.55. The molecule has 6 nitrogen and oxygen atoms in total. The van der Waals surface area contributed by atoms with Gasteiger partial charge in [0.05, 0.1) is 4.90 Å². The summed E-state index contributed by atoms with van der Waals surface area (Å²) in [5, 5.41) is 3.28. The summed E-state index contributed by atoms with van der Waals surface area (Å²) in [6.45, 7) is 10.1. The fourth-order valence-electron chi connectivity index (χ4n) is 2.96. The average molecular weight is 390 g/mol. The molecule has 1 fully saturated rings. The van der Waals surface area contributed by atoms with Crippen LogP contribution in [0.1, 0.15) is 38.1 Å². The number of amides is 1. The molecule has 25 heavy (non-hydrogen) atoms. The zero-order valence-corrected chi connectivity index (χ0v) is 16.9. The minimum Gasteiger partial charge on any atom is -0.339 e. The first-order chi connectivity index (χ1) is 11.3. The Kier molecular flexibility index (Phi) is 7.87. The molecule has 1 heterocycles. The van der Waals surface area contributed by atoms with Crippen molar-refractivity contribution in [2.75, 3.05) is 26.2 Å². The van der Waals surface area contributed by atoms with E-state index in [2.05, 4.69) is 5.32 Å². The van der Waals surface area contributed by atoms with Crippen LogP contribution >= 0.6 is 12.4 Å². The Balaban J connectivity index is 0.00000312. The predicted octanol–water partition coefficient (Wildman–Crippen LogP) is 1.96. The van der Waals surface area contributed by atoms with Crippen molar-refractivity contribution in [1.29, 1.82) is 0 Å². The van der Waals surface area contributed by atoms with Crippen LogP contribution in [-0.4, -0.2) is 61.8 Å². The van der Waals surface area contributed by atoms with Crippen LogP contribution in [-0.2, 0) is 10.0 Å². The molecule has 1 aromatic rings. The van der Waals surface area contributed by atoms with Crippen LogP contribution < -0.4 is 5.32 Å². The molecule has 1 aliphatic rings. The van der Waals surface area contributed by atoms with Gasteiger partial charge in [-0.1, -0.05) is 0 Å². The molecule has 8 heteroatoms. The summed E-state index contributed by atoms with van der Waals surface area (Å²) in [5.41, 5.74) is 0.513. The Hall–Kier alpha value is -1.15. The molecule has 0 aromatic heterocycles. The molecule has 1 N–H and O–H groups in total. The first kappa shape index (κ1) is 21.9. The van der Waals surface area contributed by atoms with Crippen LogP contribution in [0.15, 0.2) is 29.2 Å². The van der Waals surface area contributed by atoms with E-state index >= 15 is 0 Å². The van der Waals surface area contributed by atoms with E-state index in [0.717, 1.165) is 0 Å². The highest BCUT2D eigenvalue weighted by Crippen LogP contribution is 2.22. The van der Waals surface area contributed by atoms with Gasteiger partial charge in [0.25, 0.3) is 5.91 Å². The quantitative estimate of drug-likeness (QED) is 0.835. The lowest BCUT2D eigenvalue weighted by Gasteiger charge is -2.37. The maximum Gasteiger partial charge on any atom is 0.253 e. The summed E-state index contributed by atoms with van der Waals surface area (Å²) in [6.07, 6.45) is 0. The second-order valence-corrected chi connectivity index (χ2v) is 7.99. The largest absolute Gasteiger partial charge is 0.339 e. The lowest BCUT2D eigenvalue weighted by molar-refractivity contribution is 0.0773. The molecule has 0 spiro atoms. The molecule has 1 aliphatic heterocycles. The van der Waals surface area contributed by atoms with Gasteiger partial charge in [0.2, 0.25) is 10.0 Å². The molecule has 142 valence electrons. The third-order valence-corrected chi connectivity index (χ3v) is 6.74. The Morgan fingerprint density at radius 2 is 1.76 bits per heavy atom. The molecule has 1 aromatic carbocycles. The Morgan fingerprint density at radius 3 is 2.28 bits per heavy atom. The van der Waals surface area contributed by atoms with Crippen molar-refractivity contribution >= 4 is 28.3 Å². The van der Waals surface area contributed by atoms with E-state index in [4.69, 9.17) is 0 Å². The highest BCUT2D eigenvalue weighted by molar-refractivity contribution is 7.89. The molecular weight excluding hydrogens is 362 g/mol. The Labute approximate surface area is 157 Å². The lowest BCUT2D eigenvalue weighted by Crippen LogP contribution is -2.57. The fourth-order valence-corrected chi connectivity index (χ4v) is 4.67. The van der Waals surface area contributed by atoms with Crippen LogP contribution in [0.3, 0.4) is 0 Å². The number of nitrogens with zero attached hydrogens (tertiary/aromatic N) is 2. The van der Waals surface area contributed by atoms with E-state index in [1.807, 2.05) is 27.7 Å². The van der Waals surface area contributed by atoms with E-state index in [1.165, 1.54) is 16.4 Å². The smallest absolute Gasteiger partial charge is 0.253 e. The highest BCUT2D eigenvalue weighted by Gasteiger charge is 2.34. The van der Waals surface area contributed by atoms with Gasteiger partial charge in [0.1, 0.15) is 0 Å². The lowest BCUT2D eigenvalue weighted by atomic mass is 10.1. The number of rotatable bonds is 5. The Morgan fingerprint density at radius 1 is 1.20 bits per heavy atom. The second kappa shape index (κ2) is 8.98. The summed E-state index contributed by atoms with van der Waals surface area (Å²) in [4.78, 5) is 14.3. The zero-order chi connectivity index (χ0) is 17.9. The molecule has 2 atom stereocenters. The van der Waals surface area contributed by atoms with Gasteiger partial charge in [-0.3, -0.25) is 4.79 Å². The van der Waals surface area contributed by atoms with Gasteiger partial charge in [-0.15, -0.1) is 12.4 Å². The zero-order valence-electron chi connectivity index (χ0n) is 15.2. The molecular formula is C17H28ClN3O3S. The van der Waals surface area contributed by atoms with E-state index < -0.39 is 10.0 Å². The van der Waals surface area contributed by atoms with E-state index in [1.54, 1.807) is 17.0 Å². The van der Waals surface area contributed by atoms with Crippen LogP contribution in [0, 0.1) is 0 Å². The van der Waals surface area contributed by atoms with Gasteiger partial charge in [-0.25, -0.2) is 8.42 Å². The predicted molar refractivity (Wildman–Crippen MR) is 102 cm³/mol. The molecule has 0 radical (unpaired) electrons. The second-order valence-electron chi connectivity index (χ2n) is 6.10. The maximum atomic E-state index is 12.9. The van der Waals surface area contributed by atoms with Crippen LogP contribution in [0.5, 0.6) is 0 Å². The number of piperazine rings is 1. The number of benzene rings is 1. The standard InChI is InChI=1S/C17H27N3O3S.ClH/c1-5-19(6-2)17(21)15-7-9-16(10-8-15)24(22,23)20-12-11-18-13(3)14(20)4;/h7-10,13-14,18H,5-6,11-12H2,1-4H3;1H. The molecule has 1 saturated heterocycles. The summed E-state index contributed by atoms with van der Waals surface area (Å²) >= 11 is 0. The van der Waals surface area contributed by atoms with Gasteiger partial charge >= 0.3 is 0 Å². The number of nitrogens with one attached hydrogen (secondary N) is 1. The van der Waals surface area contributed by atoms with E-state index in [-0.39, 0.29) is 35.3 Å². The fraction of sp³-hybridized carbons (Fsp3) is 0.588. The monoisotopic (exact) mass is 389 g/mol. The Bertz CT molecular complexity index is 675. The average Bonchev–Trinajstić information content (AvgIpc) is 2.58. The minimum absolute atomic E-state index is 0. The van der Waals surface area contributed by atoms with Crippen molar-refractivity contribution in [2.24, 2.45) is 0 Å². The third kappa shape index (κ3) is 4.53. The van der Waals surface area contributed by atoms with Crippen molar-refractivity contribution < 1.29 is 13.2 Å². The van der Waals surface area contributed by atoms with Crippen molar-refractivity contribution in [2.45, 2.75) is 44.7 Å². The molecule has 0 aliphatic carbocycles. The first-order valence-corrected chi connectivity index (χ1v) is 9.91. The summed E-state index contributed by atoms with van der Waals surface area (Å²) < 4.78 is 27.3. The summed E-state index contributed by atoms with van der Waals surface area (Å²) in [6, 6.07) is 6.27. The van der Waals surface area contributed by atoms with Gasteiger partial charge in [-0.2, -0.15) is 4.31 Å². The number of sulfonamides is 1. The SMILES string of the molecule is CCN(CC)C(=O)c1ccc(S(=O)(=O)N2CCNC(C)C2C)cc1.Cl. The summed E-state index contributed by atoms with van der Waals surface area (Å²) in [5.74, 6) is -0.0758. The van der Waals surface area contributed by atoms with Crippen LogP contribution in [0.2, 0.25) is 0 Å². The van der Waals surface area contributed by atoms with Gasteiger partial charge in [0.15, 0.2) is 0 Å². The van der Waals surface area contributed by atoms with Gasteiger partial charge in [0, 0.05) is 43.8 Å². The normalized spacial score (nSPS) is 21.4. The van der Waals surface area contributed by atoms with Gasteiger partial charge < -0.3 is 10.2 Å². The van der Waals surface area contributed by atoms with E-state index in [9.17, 15) is 13.2 Å².